The zero-order chi connectivity index (χ0) is 18.7. The molecule has 0 aromatic carbocycles. The summed E-state index contributed by atoms with van der Waals surface area (Å²) in [4.78, 5) is 30.7. The third-order valence-electron chi connectivity index (χ3n) is 3.89. The highest BCUT2D eigenvalue weighted by molar-refractivity contribution is 5.94. The standard InChI is InChI=1S/C16H15F3N4O3/c17-16(18,19)15(25)21-11-3-4-13(20-10-11)22-5-7-23(8-6-22)14(24)12-2-1-9-26-12/h1-4,9-10H,5-8H2,(H,21,25). The van der Waals surface area contributed by atoms with Crippen molar-refractivity contribution < 1.29 is 27.2 Å². The zero-order valence-corrected chi connectivity index (χ0v) is 13.5. The van der Waals surface area contributed by atoms with Crippen LogP contribution < -0.4 is 10.2 Å². The van der Waals surface area contributed by atoms with Crippen LogP contribution in [0.2, 0.25) is 0 Å². The fraction of sp³-hybridized carbons (Fsp3) is 0.312. The first-order chi connectivity index (χ1) is 12.3. The number of anilines is 2. The van der Waals surface area contributed by atoms with Gasteiger partial charge in [0.2, 0.25) is 0 Å². The van der Waals surface area contributed by atoms with Crippen LogP contribution in [0.4, 0.5) is 24.7 Å². The van der Waals surface area contributed by atoms with Crippen molar-refractivity contribution in [3.05, 3.63) is 42.5 Å². The summed E-state index contributed by atoms with van der Waals surface area (Å²) in [5, 5.41) is 1.74. The van der Waals surface area contributed by atoms with Gasteiger partial charge in [0.15, 0.2) is 5.76 Å². The van der Waals surface area contributed by atoms with Crippen molar-refractivity contribution in [2.75, 3.05) is 36.4 Å². The number of aromatic nitrogens is 1. The molecular formula is C16H15F3N4O3. The SMILES string of the molecule is O=C(c1ccco1)N1CCN(c2ccc(NC(=O)C(F)(F)F)cn2)CC1. The molecule has 0 saturated carbocycles. The molecule has 0 bridgehead atoms. The van der Waals surface area contributed by atoms with Gasteiger partial charge in [-0.15, -0.1) is 0 Å². The Morgan fingerprint density at radius 1 is 1.12 bits per heavy atom. The number of nitrogens with one attached hydrogen (secondary N) is 1. The minimum absolute atomic E-state index is 0.0392. The predicted octanol–water partition coefficient (Wildman–Crippen LogP) is 2.14. The molecule has 1 aliphatic rings. The monoisotopic (exact) mass is 368 g/mol. The van der Waals surface area contributed by atoms with Crippen LogP contribution in [0.25, 0.3) is 0 Å². The fourth-order valence-corrected chi connectivity index (χ4v) is 2.54. The van der Waals surface area contributed by atoms with Gasteiger partial charge in [0.1, 0.15) is 5.82 Å². The first-order valence-corrected chi connectivity index (χ1v) is 7.76. The molecule has 3 rings (SSSR count). The molecule has 1 fully saturated rings. The Hall–Kier alpha value is -3.04. The van der Waals surface area contributed by atoms with Crippen molar-refractivity contribution in [2.45, 2.75) is 6.18 Å². The van der Waals surface area contributed by atoms with Crippen LogP contribution in [-0.2, 0) is 4.79 Å². The van der Waals surface area contributed by atoms with Crippen LogP contribution in [0.1, 0.15) is 10.6 Å². The molecule has 2 aromatic rings. The molecule has 138 valence electrons. The summed E-state index contributed by atoms with van der Waals surface area (Å²) in [6.45, 7) is 1.98. The topological polar surface area (TPSA) is 78.7 Å². The van der Waals surface area contributed by atoms with Crippen molar-refractivity contribution in [3.8, 4) is 0 Å². The maximum absolute atomic E-state index is 12.2. The predicted molar refractivity (Wildman–Crippen MR) is 85.7 cm³/mol. The van der Waals surface area contributed by atoms with E-state index >= 15 is 0 Å². The van der Waals surface area contributed by atoms with Gasteiger partial charge in [-0.25, -0.2) is 4.98 Å². The number of pyridine rings is 1. The van der Waals surface area contributed by atoms with Crippen molar-refractivity contribution in [3.63, 3.8) is 0 Å². The van der Waals surface area contributed by atoms with Gasteiger partial charge in [-0.3, -0.25) is 9.59 Å². The summed E-state index contributed by atoms with van der Waals surface area (Å²) in [6.07, 6.45) is -2.35. The highest BCUT2D eigenvalue weighted by atomic mass is 19.4. The fourth-order valence-electron chi connectivity index (χ4n) is 2.54. The van der Waals surface area contributed by atoms with E-state index in [1.807, 2.05) is 4.90 Å². The average Bonchev–Trinajstić information content (AvgIpc) is 3.16. The van der Waals surface area contributed by atoms with Crippen molar-refractivity contribution in [1.29, 1.82) is 0 Å². The molecule has 3 heterocycles. The van der Waals surface area contributed by atoms with E-state index in [0.717, 1.165) is 0 Å². The van der Waals surface area contributed by atoms with Crippen LogP contribution in [0.5, 0.6) is 0 Å². The summed E-state index contributed by atoms with van der Waals surface area (Å²) in [7, 11) is 0. The molecular weight excluding hydrogens is 353 g/mol. The molecule has 10 heteroatoms. The Kier molecular flexibility index (Phi) is 4.83. The number of carbonyl (C=O) groups is 2. The molecule has 0 spiro atoms. The molecule has 1 N–H and O–H groups in total. The number of halogens is 3. The summed E-state index contributed by atoms with van der Waals surface area (Å²) < 4.78 is 41.8. The summed E-state index contributed by atoms with van der Waals surface area (Å²) >= 11 is 0. The molecule has 0 radical (unpaired) electrons. The van der Waals surface area contributed by atoms with E-state index in [9.17, 15) is 22.8 Å². The molecule has 0 aliphatic carbocycles. The number of rotatable bonds is 3. The van der Waals surface area contributed by atoms with Crippen LogP contribution in [0, 0.1) is 0 Å². The van der Waals surface area contributed by atoms with Gasteiger partial charge in [-0.1, -0.05) is 0 Å². The highest BCUT2D eigenvalue weighted by Crippen LogP contribution is 2.20. The van der Waals surface area contributed by atoms with E-state index in [1.165, 1.54) is 24.6 Å². The smallest absolute Gasteiger partial charge is 0.459 e. The Morgan fingerprint density at radius 2 is 1.85 bits per heavy atom. The van der Waals surface area contributed by atoms with Crippen LogP contribution in [0.15, 0.2) is 41.1 Å². The summed E-state index contributed by atoms with van der Waals surface area (Å²) in [5.41, 5.74) is -0.0392. The van der Waals surface area contributed by atoms with Crippen molar-refractivity contribution >= 4 is 23.3 Å². The number of alkyl halides is 3. The number of hydrogen-bond acceptors (Lipinski definition) is 5. The largest absolute Gasteiger partial charge is 0.471 e. The molecule has 1 saturated heterocycles. The molecule has 0 unspecified atom stereocenters. The first kappa shape index (κ1) is 17.8. The lowest BCUT2D eigenvalue weighted by atomic mass is 10.2. The van der Waals surface area contributed by atoms with Crippen molar-refractivity contribution in [1.82, 2.24) is 9.88 Å². The van der Waals surface area contributed by atoms with Gasteiger partial charge in [0, 0.05) is 26.2 Å². The molecule has 2 amide bonds. The molecule has 7 nitrogen and oxygen atoms in total. The van der Waals surface area contributed by atoms with E-state index in [2.05, 4.69) is 4.98 Å². The lowest BCUT2D eigenvalue weighted by molar-refractivity contribution is -0.167. The molecule has 2 aromatic heterocycles. The Morgan fingerprint density at radius 3 is 2.38 bits per heavy atom. The second kappa shape index (κ2) is 7.06. The minimum atomic E-state index is -4.95. The van der Waals surface area contributed by atoms with Gasteiger partial charge in [0.05, 0.1) is 18.1 Å². The second-order valence-corrected chi connectivity index (χ2v) is 5.61. The highest BCUT2D eigenvalue weighted by Gasteiger charge is 2.38. The minimum Gasteiger partial charge on any atom is -0.459 e. The van der Waals surface area contributed by atoms with Gasteiger partial charge in [0.25, 0.3) is 5.91 Å². The number of amides is 2. The zero-order valence-electron chi connectivity index (χ0n) is 13.5. The third-order valence-corrected chi connectivity index (χ3v) is 3.89. The van der Waals surface area contributed by atoms with Crippen LogP contribution in [-0.4, -0.2) is 54.1 Å². The number of piperazine rings is 1. The van der Waals surface area contributed by atoms with E-state index < -0.39 is 12.1 Å². The van der Waals surface area contributed by atoms with E-state index in [1.54, 1.807) is 22.3 Å². The van der Waals surface area contributed by atoms with Gasteiger partial charge in [-0.2, -0.15) is 13.2 Å². The molecule has 26 heavy (non-hydrogen) atoms. The van der Waals surface area contributed by atoms with Crippen LogP contribution in [0.3, 0.4) is 0 Å². The Labute approximate surface area is 146 Å². The first-order valence-electron chi connectivity index (χ1n) is 7.76. The maximum Gasteiger partial charge on any atom is 0.471 e. The number of carbonyl (C=O) groups excluding carboxylic acids is 2. The average molecular weight is 368 g/mol. The van der Waals surface area contributed by atoms with Gasteiger partial charge >= 0.3 is 12.1 Å². The number of nitrogens with zero attached hydrogens (tertiary/aromatic N) is 3. The van der Waals surface area contributed by atoms with E-state index in [-0.39, 0.29) is 17.4 Å². The lowest BCUT2D eigenvalue weighted by Gasteiger charge is -2.35. The Bertz CT molecular complexity index is 767. The van der Waals surface area contributed by atoms with Crippen LogP contribution >= 0.6 is 0 Å². The normalized spacial score (nSPS) is 15.0. The molecule has 1 aliphatic heterocycles. The quantitative estimate of drug-likeness (QED) is 0.898. The number of hydrogen-bond donors (Lipinski definition) is 1. The lowest BCUT2D eigenvalue weighted by Crippen LogP contribution is -2.49. The Balaban J connectivity index is 1.56. The summed E-state index contributed by atoms with van der Waals surface area (Å²) in [5.74, 6) is -1.40. The van der Waals surface area contributed by atoms with E-state index in [0.29, 0.717) is 32.0 Å². The third kappa shape index (κ3) is 3.95. The second-order valence-electron chi connectivity index (χ2n) is 5.61. The summed E-state index contributed by atoms with van der Waals surface area (Å²) in [6, 6.07) is 6.12. The van der Waals surface area contributed by atoms with Crippen molar-refractivity contribution in [2.24, 2.45) is 0 Å². The number of furan rings is 1. The van der Waals surface area contributed by atoms with E-state index in [4.69, 9.17) is 4.42 Å². The van der Waals surface area contributed by atoms with Gasteiger partial charge in [-0.05, 0) is 24.3 Å². The maximum atomic E-state index is 12.2. The molecule has 0 atom stereocenters. The van der Waals surface area contributed by atoms with Gasteiger partial charge < -0.3 is 19.5 Å².